The number of halogens is 1. The van der Waals surface area contributed by atoms with E-state index in [4.69, 9.17) is 9.26 Å². The Kier molecular flexibility index (Phi) is 6.60. The maximum absolute atomic E-state index is 5.46. The number of benzene rings is 1. The second-order valence-electron chi connectivity index (χ2n) is 6.13. The van der Waals surface area contributed by atoms with Crippen LogP contribution in [0.1, 0.15) is 36.2 Å². The van der Waals surface area contributed by atoms with Crippen LogP contribution in [0.5, 0.6) is 5.75 Å². The number of nitrogens with zero attached hydrogens (tertiary/aromatic N) is 3. The van der Waals surface area contributed by atoms with E-state index in [2.05, 4.69) is 46.5 Å². The smallest absolute Gasteiger partial charge is 0.227 e. The van der Waals surface area contributed by atoms with Crippen LogP contribution in [0.2, 0.25) is 0 Å². The predicted octanol–water partition coefficient (Wildman–Crippen LogP) is 2.42. The lowest BCUT2D eigenvalue weighted by Crippen LogP contribution is -2.44. The van der Waals surface area contributed by atoms with Crippen LogP contribution in [-0.2, 0) is 6.42 Å². The van der Waals surface area contributed by atoms with Gasteiger partial charge in [-0.2, -0.15) is 4.98 Å². The van der Waals surface area contributed by atoms with E-state index in [0.717, 1.165) is 37.6 Å². The van der Waals surface area contributed by atoms with Crippen molar-refractivity contribution in [1.82, 2.24) is 20.4 Å². The lowest BCUT2D eigenvalue weighted by atomic mass is 9.98. The Bertz CT molecular complexity index is 632. The molecule has 3 rings (SSSR count). The Morgan fingerprint density at radius 1 is 1.38 bits per heavy atom. The zero-order valence-corrected chi connectivity index (χ0v) is 15.2. The fourth-order valence-electron chi connectivity index (χ4n) is 2.89. The van der Waals surface area contributed by atoms with Crippen molar-refractivity contribution in [1.29, 1.82) is 0 Å². The summed E-state index contributed by atoms with van der Waals surface area (Å²) in [6.07, 6.45) is 0.739. The van der Waals surface area contributed by atoms with Crippen molar-refractivity contribution in [3.63, 3.8) is 0 Å². The molecule has 1 aromatic carbocycles. The van der Waals surface area contributed by atoms with Gasteiger partial charge in [-0.25, -0.2) is 0 Å². The number of likely N-dealkylation sites (N-methyl/N-ethyl adjacent to an activating group) is 1. The third-order valence-electron chi connectivity index (χ3n) is 4.46. The summed E-state index contributed by atoms with van der Waals surface area (Å²) in [5.74, 6) is 2.66. The summed E-state index contributed by atoms with van der Waals surface area (Å²) in [5.41, 5.74) is 1.24. The fourth-order valence-corrected chi connectivity index (χ4v) is 2.89. The van der Waals surface area contributed by atoms with Crippen LogP contribution < -0.4 is 10.1 Å². The molecule has 1 N–H and O–H groups in total. The minimum atomic E-state index is 0. The van der Waals surface area contributed by atoms with E-state index in [9.17, 15) is 0 Å². The molecule has 0 bridgehead atoms. The highest BCUT2D eigenvalue weighted by molar-refractivity contribution is 5.85. The van der Waals surface area contributed by atoms with Crippen molar-refractivity contribution < 1.29 is 9.26 Å². The molecule has 24 heavy (non-hydrogen) atoms. The molecule has 2 heterocycles. The average Bonchev–Trinajstić information content (AvgIpc) is 3.03. The van der Waals surface area contributed by atoms with Crippen LogP contribution in [0.25, 0.3) is 0 Å². The van der Waals surface area contributed by atoms with Crippen LogP contribution in [0.15, 0.2) is 28.8 Å². The minimum Gasteiger partial charge on any atom is -0.497 e. The first-order valence-electron chi connectivity index (χ1n) is 8.04. The van der Waals surface area contributed by atoms with Crippen LogP contribution in [0, 0.1) is 0 Å². The minimum absolute atomic E-state index is 0. The standard InChI is InChI=1S/C17H24N4O2.ClH/c1-12(13-4-6-14(22-3)7-5-13)10-16-19-17(20-23-16)15-11-18-8-9-21(15)2;/h4-7,12,15,18H,8-11H2,1-3H3;1H. The lowest BCUT2D eigenvalue weighted by molar-refractivity contribution is 0.190. The highest BCUT2D eigenvalue weighted by atomic mass is 35.5. The number of rotatable bonds is 5. The summed E-state index contributed by atoms with van der Waals surface area (Å²) in [5, 5.41) is 7.55. The Labute approximate surface area is 149 Å². The highest BCUT2D eigenvalue weighted by Gasteiger charge is 2.25. The molecule has 7 heteroatoms. The summed E-state index contributed by atoms with van der Waals surface area (Å²) in [6, 6.07) is 8.32. The number of aromatic nitrogens is 2. The summed E-state index contributed by atoms with van der Waals surface area (Å²) < 4.78 is 10.7. The number of ether oxygens (including phenoxy) is 1. The van der Waals surface area contributed by atoms with Gasteiger partial charge in [0.15, 0.2) is 5.82 Å². The van der Waals surface area contributed by atoms with Crippen molar-refractivity contribution in [2.45, 2.75) is 25.3 Å². The van der Waals surface area contributed by atoms with Gasteiger partial charge in [0.25, 0.3) is 0 Å². The first-order chi connectivity index (χ1) is 11.2. The maximum Gasteiger partial charge on any atom is 0.227 e. The van der Waals surface area contributed by atoms with E-state index in [0.29, 0.717) is 11.8 Å². The predicted molar refractivity (Wildman–Crippen MR) is 94.9 cm³/mol. The number of methoxy groups -OCH3 is 1. The number of nitrogens with one attached hydrogen (secondary N) is 1. The van der Waals surface area contributed by atoms with E-state index in [1.54, 1.807) is 7.11 Å². The Morgan fingerprint density at radius 3 is 2.79 bits per heavy atom. The third kappa shape index (κ3) is 4.26. The third-order valence-corrected chi connectivity index (χ3v) is 4.46. The zero-order chi connectivity index (χ0) is 16.2. The molecule has 1 fully saturated rings. The van der Waals surface area contributed by atoms with Gasteiger partial charge >= 0.3 is 0 Å². The van der Waals surface area contributed by atoms with Crippen LogP contribution in [0.4, 0.5) is 0 Å². The lowest BCUT2D eigenvalue weighted by Gasteiger charge is -2.30. The Hall–Kier alpha value is -1.63. The van der Waals surface area contributed by atoms with Gasteiger partial charge in [0.05, 0.1) is 13.2 Å². The second kappa shape index (κ2) is 8.46. The first-order valence-corrected chi connectivity index (χ1v) is 8.04. The molecule has 6 nitrogen and oxygen atoms in total. The topological polar surface area (TPSA) is 63.4 Å². The zero-order valence-electron chi connectivity index (χ0n) is 14.4. The summed E-state index contributed by atoms with van der Waals surface area (Å²) in [4.78, 5) is 6.86. The van der Waals surface area contributed by atoms with Gasteiger partial charge in [-0.05, 0) is 30.7 Å². The van der Waals surface area contributed by atoms with Crippen molar-refractivity contribution >= 4 is 12.4 Å². The van der Waals surface area contributed by atoms with E-state index in [-0.39, 0.29) is 18.4 Å². The number of hydrogen-bond donors (Lipinski definition) is 1. The molecular formula is C17H25ClN4O2. The maximum atomic E-state index is 5.46. The van der Waals surface area contributed by atoms with E-state index in [1.165, 1.54) is 5.56 Å². The fraction of sp³-hybridized carbons (Fsp3) is 0.529. The summed E-state index contributed by atoms with van der Waals surface area (Å²) >= 11 is 0. The molecule has 1 saturated heterocycles. The summed E-state index contributed by atoms with van der Waals surface area (Å²) in [6.45, 7) is 5.03. The molecule has 0 saturated carbocycles. The average molecular weight is 353 g/mol. The molecule has 0 spiro atoms. The molecular weight excluding hydrogens is 328 g/mol. The van der Waals surface area contributed by atoms with E-state index >= 15 is 0 Å². The van der Waals surface area contributed by atoms with Crippen molar-refractivity contribution in [3.8, 4) is 5.75 Å². The van der Waals surface area contributed by atoms with Crippen molar-refractivity contribution in [2.24, 2.45) is 0 Å². The Balaban J connectivity index is 0.00000208. The van der Waals surface area contributed by atoms with Crippen LogP contribution in [0.3, 0.4) is 0 Å². The number of hydrogen-bond acceptors (Lipinski definition) is 6. The molecule has 0 amide bonds. The van der Waals surface area contributed by atoms with Crippen molar-refractivity contribution in [2.75, 3.05) is 33.8 Å². The molecule has 132 valence electrons. The molecule has 0 aliphatic carbocycles. The molecule has 1 aliphatic rings. The van der Waals surface area contributed by atoms with Gasteiger partial charge in [-0.15, -0.1) is 12.4 Å². The SMILES string of the molecule is COc1ccc(C(C)Cc2nc(C3CNCCN3C)no2)cc1.Cl. The van der Waals surface area contributed by atoms with Gasteiger partial charge in [0.2, 0.25) is 5.89 Å². The molecule has 2 aromatic rings. The Morgan fingerprint density at radius 2 is 2.12 bits per heavy atom. The second-order valence-corrected chi connectivity index (χ2v) is 6.13. The van der Waals surface area contributed by atoms with Gasteiger partial charge in [0.1, 0.15) is 5.75 Å². The van der Waals surface area contributed by atoms with E-state index in [1.807, 2.05) is 12.1 Å². The molecule has 0 radical (unpaired) electrons. The first kappa shape index (κ1) is 18.7. The highest BCUT2D eigenvalue weighted by Crippen LogP contribution is 2.24. The molecule has 2 unspecified atom stereocenters. The van der Waals surface area contributed by atoms with Crippen LogP contribution in [-0.4, -0.2) is 48.8 Å². The monoisotopic (exact) mass is 352 g/mol. The van der Waals surface area contributed by atoms with Gasteiger partial charge < -0.3 is 14.6 Å². The molecule has 1 aromatic heterocycles. The summed E-state index contributed by atoms with van der Waals surface area (Å²) in [7, 11) is 3.77. The quantitative estimate of drug-likeness (QED) is 0.891. The largest absolute Gasteiger partial charge is 0.497 e. The molecule has 1 aliphatic heterocycles. The molecule has 2 atom stereocenters. The van der Waals surface area contributed by atoms with Gasteiger partial charge in [-0.1, -0.05) is 24.2 Å². The van der Waals surface area contributed by atoms with Gasteiger partial charge in [0, 0.05) is 26.1 Å². The number of piperazine rings is 1. The van der Waals surface area contributed by atoms with E-state index < -0.39 is 0 Å². The van der Waals surface area contributed by atoms with Crippen molar-refractivity contribution in [3.05, 3.63) is 41.5 Å². The van der Waals surface area contributed by atoms with Gasteiger partial charge in [-0.3, -0.25) is 4.90 Å². The normalized spacial score (nSPS) is 19.5. The van der Waals surface area contributed by atoms with Crippen LogP contribution >= 0.6 is 12.4 Å².